The highest BCUT2D eigenvalue weighted by molar-refractivity contribution is 8.77. The molecule has 1 atom stereocenters. The van der Waals surface area contributed by atoms with Crippen molar-refractivity contribution < 1.29 is 18.7 Å². The smallest absolute Gasteiger partial charge is 0.303 e. The van der Waals surface area contributed by atoms with E-state index in [1.54, 1.807) is 0 Å². The van der Waals surface area contributed by atoms with Crippen molar-refractivity contribution in [1.29, 1.82) is 0 Å². The number of amides is 1. The van der Waals surface area contributed by atoms with Crippen LogP contribution in [0.5, 0.6) is 0 Å². The van der Waals surface area contributed by atoms with E-state index in [0.29, 0.717) is 18.1 Å². The van der Waals surface area contributed by atoms with Gasteiger partial charge in [-0.1, -0.05) is 28.0 Å². The third-order valence-electron chi connectivity index (χ3n) is 5.35. The molecule has 0 spiro atoms. The van der Waals surface area contributed by atoms with E-state index in [4.69, 9.17) is 9.15 Å². The molecule has 3 rings (SSSR count). The second kappa shape index (κ2) is 11.9. The standard InChI is InChI=1S/C21H32N2O4S2/c1-17(24)26-16-19-8-7-18(27-19)15-22-10-4-11-23(13-12-22)21(25)6-3-2-5-20-9-14-28-29-20/h7-8,20H,2-6,9-16H2,1H3. The first kappa shape index (κ1) is 22.6. The summed E-state index contributed by atoms with van der Waals surface area (Å²) in [5.74, 6) is 2.81. The van der Waals surface area contributed by atoms with Gasteiger partial charge in [0.15, 0.2) is 0 Å². The Morgan fingerprint density at radius 2 is 2.03 bits per heavy atom. The summed E-state index contributed by atoms with van der Waals surface area (Å²) in [4.78, 5) is 27.8. The van der Waals surface area contributed by atoms with Crippen LogP contribution in [0.1, 0.15) is 57.0 Å². The van der Waals surface area contributed by atoms with Crippen molar-refractivity contribution in [1.82, 2.24) is 9.80 Å². The number of nitrogens with zero attached hydrogens (tertiary/aromatic N) is 2. The van der Waals surface area contributed by atoms with Crippen LogP contribution in [0.3, 0.4) is 0 Å². The van der Waals surface area contributed by atoms with Crippen LogP contribution in [0.25, 0.3) is 0 Å². The molecular weight excluding hydrogens is 408 g/mol. The lowest BCUT2D eigenvalue weighted by molar-refractivity contribution is -0.142. The Kier molecular flexibility index (Phi) is 9.27. The zero-order chi connectivity index (χ0) is 20.5. The van der Waals surface area contributed by atoms with Crippen molar-refractivity contribution in [3.05, 3.63) is 23.7 Å². The van der Waals surface area contributed by atoms with E-state index in [9.17, 15) is 9.59 Å². The highest BCUT2D eigenvalue weighted by Crippen LogP contribution is 2.39. The predicted molar refractivity (Wildman–Crippen MR) is 118 cm³/mol. The van der Waals surface area contributed by atoms with Gasteiger partial charge in [0.2, 0.25) is 5.91 Å². The maximum atomic E-state index is 12.6. The molecule has 0 radical (unpaired) electrons. The third kappa shape index (κ3) is 7.90. The van der Waals surface area contributed by atoms with Gasteiger partial charge >= 0.3 is 5.97 Å². The fraction of sp³-hybridized carbons (Fsp3) is 0.714. The Hall–Kier alpha value is -1.12. The van der Waals surface area contributed by atoms with Crippen LogP contribution in [0.4, 0.5) is 0 Å². The molecule has 162 valence electrons. The van der Waals surface area contributed by atoms with Crippen LogP contribution in [-0.2, 0) is 27.5 Å². The second-order valence-corrected chi connectivity index (χ2v) is 10.5. The van der Waals surface area contributed by atoms with E-state index >= 15 is 0 Å². The Morgan fingerprint density at radius 3 is 2.83 bits per heavy atom. The number of unbranched alkanes of at least 4 members (excludes halogenated alkanes) is 1. The van der Waals surface area contributed by atoms with Crippen LogP contribution in [0.15, 0.2) is 16.5 Å². The first-order valence-electron chi connectivity index (χ1n) is 10.6. The fourth-order valence-corrected chi connectivity index (χ4v) is 6.75. The average Bonchev–Trinajstić information content (AvgIpc) is 3.32. The molecule has 2 fully saturated rings. The molecule has 3 heterocycles. The molecule has 2 aliphatic heterocycles. The van der Waals surface area contributed by atoms with Gasteiger partial charge in [-0.05, 0) is 37.8 Å². The SMILES string of the molecule is CC(=O)OCc1ccc(CN2CCCN(C(=O)CCCCC3CCSS3)CC2)o1. The highest BCUT2D eigenvalue weighted by atomic mass is 33.1. The normalized spacial score (nSPS) is 20.6. The minimum Gasteiger partial charge on any atom is -0.461 e. The lowest BCUT2D eigenvalue weighted by Gasteiger charge is -2.21. The maximum Gasteiger partial charge on any atom is 0.303 e. The monoisotopic (exact) mass is 440 g/mol. The van der Waals surface area contributed by atoms with Crippen molar-refractivity contribution in [3.8, 4) is 0 Å². The van der Waals surface area contributed by atoms with Gasteiger partial charge in [-0.25, -0.2) is 0 Å². The van der Waals surface area contributed by atoms with Gasteiger partial charge in [-0.15, -0.1) is 0 Å². The lowest BCUT2D eigenvalue weighted by Crippen LogP contribution is -2.34. The number of carbonyl (C=O) groups excluding carboxylic acids is 2. The summed E-state index contributed by atoms with van der Waals surface area (Å²) in [6.45, 7) is 5.74. The van der Waals surface area contributed by atoms with E-state index < -0.39 is 0 Å². The van der Waals surface area contributed by atoms with Gasteiger partial charge in [0.1, 0.15) is 18.1 Å². The molecule has 2 saturated heterocycles. The topological polar surface area (TPSA) is 63.0 Å². The first-order valence-corrected chi connectivity index (χ1v) is 13.0. The number of furan rings is 1. The number of hydrogen-bond acceptors (Lipinski definition) is 7. The van der Waals surface area contributed by atoms with Crippen LogP contribution < -0.4 is 0 Å². The number of ether oxygens (including phenoxy) is 1. The van der Waals surface area contributed by atoms with Crippen molar-refractivity contribution >= 4 is 33.5 Å². The molecule has 0 aromatic carbocycles. The van der Waals surface area contributed by atoms with E-state index in [1.807, 2.05) is 38.6 Å². The zero-order valence-electron chi connectivity index (χ0n) is 17.3. The molecule has 1 amide bonds. The molecule has 1 aromatic heterocycles. The Labute approximate surface area is 181 Å². The summed E-state index contributed by atoms with van der Waals surface area (Å²) in [5, 5.41) is 0.804. The fourth-order valence-electron chi connectivity index (χ4n) is 3.73. The summed E-state index contributed by atoms with van der Waals surface area (Å²) < 4.78 is 10.7. The van der Waals surface area contributed by atoms with Crippen molar-refractivity contribution in [2.24, 2.45) is 0 Å². The van der Waals surface area contributed by atoms with Crippen molar-refractivity contribution in [3.63, 3.8) is 0 Å². The minimum absolute atomic E-state index is 0.176. The minimum atomic E-state index is -0.309. The maximum absolute atomic E-state index is 12.6. The highest BCUT2D eigenvalue weighted by Gasteiger charge is 2.20. The summed E-state index contributed by atoms with van der Waals surface area (Å²) in [5.41, 5.74) is 0. The Balaban J connectivity index is 1.34. The summed E-state index contributed by atoms with van der Waals surface area (Å²) in [6, 6.07) is 3.79. The van der Waals surface area contributed by atoms with Crippen LogP contribution in [-0.4, -0.2) is 58.9 Å². The van der Waals surface area contributed by atoms with Crippen LogP contribution in [0, 0.1) is 0 Å². The lowest BCUT2D eigenvalue weighted by atomic mass is 10.1. The van der Waals surface area contributed by atoms with Gasteiger partial charge in [0.25, 0.3) is 0 Å². The summed E-state index contributed by atoms with van der Waals surface area (Å²) in [6.07, 6.45) is 6.43. The molecule has 1 aromatic rings. The molecule has 0 saturated carbocycles. The van der Waals surface area contributed by atoms with E-state index in [1.165, 1.54) is 25.5 Å². The van der Waals surface area contributed by atoms with Crippen molar-refractivity contribution in [2.45, 2.75) is 63.9 Å². The molecule has 8 heteroatoms. The predicted octanol–water partition coefficient (Wildman–Crippen LogP) is 4.09. The first-order chi connectivity index (χ1) is 14.1. The van der Waals surface area contributed by atoms with E-state index in [2.05, 4.69) is 4.90 Å². The molecular formula is C21H32N2O4S2. The number of rotatable bonds is 9. The molecule has 2 aliphatic rings. The molecule has 6 nitrogen and oxygen atoms in total. The number of carbonyl (C=O) groups is 2. The molecule has 1 unspecified atom stereocenters. The van der Waals surface area contributed by atoms with Crippen LogP contribution >= 0.6 is 21.6 Å². The van der Waals surface area contributed by atoms with Gasteiger partial charge in [0, 0.05) is 50.5 Å². The molecule has 0 aliphatic carbocycles. The summed E-state index contributed by atoms with van der Waals surface area (Å²) >= 11 is 0. The largest absolute Gasteiger partial charge is 0.461 e. The number of hydrogen-bond donors (Lipinski definition) is 0. The van der Waals surface area contributed by atoms with E-state index in [-0.39, 0.29) is 12.6 Å². The number of esters is 1. The van der Waals surface area contributed by atoms with Gasteiger partial charge in [0.05, 0.1) is 6.54 Å². The average molecular weight is 441 g/mol. The molecule has 29 heavy (non-hydrogen) atoms. The van der Waals surface area contributed by atoms with Gasteiger partial charge < -0.3 is 14.1 Å². The van der Waals surface area contributed by atoms with Crippen molar-refractivity contribution in [2.75, 3.05) is 31.9 Å². The second-order valence-electron chi connectivity index (χ2n) is 7.73. The zero-order valence-corrected chi connectivity index (χ0v) is 18.9. The van der Waals surface area contributed by atoms with E-state index in [0.717, 1.165) is 63.0 Å². The molecule has 0 N–H and O–H groups in total. The summed E-state index contributed by atoms with van der Waals surface area (Å²) in [7, 11) is 4.01. The Bertz CT molecular complexity index is 661. The van der Waals surface area contributed by atoms with Gasteiger partial charge in [-0.3, -0.25) is 14.5 Å². The molecule has 0 bridgehead atoms. The van der Waals surface area contributed by atoms with Gasteiger partial charge in [-0.2, -0.15) is 0 Å². The quantitative estimate of drug-likeness (QED) is 0.325. The third-order valence-corrected chi connectivity index (χ3v) is 8.36. The van der Waals surface area contributed by atoms with Crippen LogP contribution in [0.2, 0.25) is 0 Å². The Morgan fingerprint density at radius 1 is 1.17 bits per heavy atom.